The molecular weight excluding hydrogens is 587 g/mol. The van der Waals surface area contributed by atoms with E-state index in [1.807, 2.05) is 32.1 Å². The summed E-state index contributed by atoms with van der Waals surface area (Å²) in [6, 6.07) is 14.2. The van der Waals surface area contributed by atoms with Gasteiger partial charge in [-0.15, -0.1) is 0 Å². The molecule has 0 fully saturated rings. The highest BCUT2D eigenvalue weighted by Gasteiger charge is 2.23. The van der Waals surface area contributed by atoms with E-state index in [1.54, 1.807) is 12.1 Å². The van der Waals surface area contributed by atoms with Gasteiger partial charge in [0, 0.05) is 47.2 Å². The van der Waals surface area contributed by atoms with E-state index in [0.717, 1.165) is 70.2 Å². The number of primary amides is 1. The number of allylic oxidation sites excluding steroid dienone is 1. The number of anilines is 1. The number of hydrogen-bond acceptors (Lipinski definition) is 6. The highest BCUT2D eigenvalue weighted by Crippen LogP contribution is 2.34. The Morgan fingerprint density at radius 3 is 2.60 bits per heavy atom. The fourth-order valence-corrected chi connectivity index (χ4v) is 5.43. The maximum absolute atomic E-state index is 11.8. The van der Waals surface area contributed by atoms with Crippen LogP contribution in [0.2, 0.25) is 0 Å². The molecular formula is C32H53N2O5PS2. The average Bonchev–Trinajstić information content (AvgIpc) is 3.14. The zero-order valence-corrected chi connectivity index (χ0v) is 28.9. The molecule has 7 nitrogen and oxygen atoms in total. The Kier molecular flexibility index (Phi) is 22.5. The van der Waals surface area contributed by atoms with E-state index in [4.69, 9.17) is 26.8 Å². The zero-order chi connectivity index (χ0) is 30.6. The van der Waals surface area contributed by atoms with Gasteiger partial charge in [-0.25, -0.2) is 0 Å². The molecule has 2 aromatic rings. The highest BCUT2D eigenvalue weighted by molar-refractivity contribution is 8.25. The Labute approximate surface area is 264 Å². The van der Waals surface area contributed by atoms with Gasteiger partial charge in [0.05, 0.1) is 18.4 Å². The van der Waals surface area contributed by atoms with E-state index in [2.05, 4.69) is 36.1 Å². The number of rotatable bonds is 14. The average molecular weight is 641 g/mol. The van der Waals surface area contributed by atoms with Gasteiger partial charge >= 0.3 is 0 Å². The summed E-state index contributed by atoms with van der Waals surface area (Å²) < 4.78 is 15.4. The molecule has 4 atom stereocenters. The molecule has 0 aromatic heterocycles. The number of unbranched alkanes of at least 4 members (excludes halogenated alkanes) is 2. The molecule has 0 spiro atoms. The summed E-state index contributed by atoms with van der Waals surface area (Å²) in [6.45, 7) is 8.52. The number of carbonyl (C=O) groups is 1. The molecule has 1 aliphatic rings. The molecule has 5 N–H and O–H groups in total. The number of benzene rings is 2. The molecule has 1 heterocycles. The van der Waals surface area contributed by atoms with Crippen molar-refractivity contribution in [3.8, 4) is 5.75 Å². The molecule has 0 saturated carbocycles. The van der Waals surface area contributed by atoms with Gasteiger partial charge in [0.2, 0.25) is 5.91 Å². The fourth-order valence-electron chi connectivity index (χ4n) is 4.69. The first kappa shape index (κ1) is 40.1. The largest absolute Gasteiger partial charge is 0.491 e. The first-order valence-corrected chi connectivity index (χ1v) is 16.8. The van der Waals surface area contributed by atoms with Crippen LogP contribution < -0.4 is 15.4 Å². The van der Waals surface area contributed by atoms with Crippen molar-refractivity contribution in [1.29, 1.82) is 0 Å². The Balaban J connectivity index is 0.00000322. The Hall–Kier alpha value is -1.87. The van der Waals surface area contributed by atoms with Crippen LogP contribution in [0.25, 0.3) is 0 Å². The van der Waals surface area contributed by atoms with Crippen molar-refractivity contribution in [2.75, 3.05) is 37.5 Å². The molecule has 2 aromatic carbocycles. The maximum atomic E-state index is 11.8. The lowest BCUT2D eigenvalue weighted by Crippen LogP contribution is -2.31. The van der Waals surface area contributed by atoms with Gasteiger partial charge < -0.3 is 30.1 Å². The van der Waals surface area contributed by atoms with E-state index in [9.17, 15) is 14.5 Å². The van der Waals surface area contributed by atoms with Gasteiger partial charge in [0.25, 0.3) is 0 Å². The normalized spacial score (nSPS) is 15.4. The lowest BCUT2D eigenvalue weighted by Gasteiger charge is -2.27. The summed E-state index contributed by atoms with van der Waals surface area (Å²) in [4.78, 5) is 14.2. The molecule has 0 aliphatic carbocycles. The van der Waals surface area contributed by atoms with Gasteiger partial charge in [-0.1, -0.05) is 55.8 Å². The van der Waals surface area contributed by atoms with Crippen LogP contribution in [0.4, 0.5) is 5.69 Å². The zero-order valence-electron chi connectivity index (χ0n) is 25.8. The number of carbonyl (C=O) groups excluding carboxylic acids is 1. The summed E-state index contributed by atoms with van der Waals surface area (Å²) in [5, 5.41) is 17.0. The van der Waals surface area contributed by atoms with Crippen molar-refractivity contribution in [3.63, 3.8) is 0 Å². The highest BCUT2D eigenvalue weighted by atomic mass is 32.8. The molecule has 238 valence electrons. The predicted molar refractivity (Wildman–Crippen MR) is 187 cm³/mol. The van der Waals surface area contributed by atoms with Crippen molar-refractivity contribution >= 4 is 42.4 Å². The number of fused-ring (bicyclic) bond motifs is 1. The van der Waals surface area contributed by atoms with Gasteiger partial charge in [-0.05, 0) is 86.8 Å². The maximum Gasteiger partial charge on any atom is 0.248 e. The number of aliphatic hydroxyl groups excluding tert-OH is 2. The first-order valence-electron chi connectivity index (χ1n) is 14.6. The monoisotopic (exact) mass is 640 g/mol. The smallest absolute Gasteiger partial charge is 0.248 e. The van der Waals surface area contributed by atoms with Crippen molar-refractivity contribution in [2.24, 2.45) is 11.7 Å². The number of nitrogens with zero attached hydrogens (tertiary/aromatic N) is 1. The van der Waals surface area contributed by atoms with Gasteiger partial charge in [-0.2, -0.15) is 9.90 Å². The number of aryl methyl sites for hydroxylation is 2. The molecule has 0 saturated heterocycles. The van der Waals surface area contributed by atoms with Crippen LogP contribution in [0.3, 0.4) is 0 Å². The lowest BCUT2D eigenvalue weighted by atomic mass is 9.98. The molecule has 3 rings (SSSR count). The molecule has 0 bridgehead atoms. The third-order valence-electron chi connectivity index (χ3n) is 6.69. The van der Waals surface area contributed by atoms with Crippen molar-refractivity contribution in [2.45, 2.75) is 71.8 Å². The fraction of sp³-hybridized carbons (Fsp3) is 0.531. The summed E-state index contributed by atoms with van der Waals surface area (Å²) in [7, 11) is -0.0454. The Morgan fingerprint density at radius 2 is 1.93 bits per heavy atom. The topological polar surface area (TPSA) is 116 Å². The summed E-state index contributed by atoms with van der Waals surface area (Å²) >= 11 is 4.76. The van der Waals surface area contributed by atoms with E-state index >= 15 is 0 Å². The van der Waals surface area contributed by atoms with Crippen LogP contribution in [0, 0.1) is 12.8 Å². The van der Waals surface area contributed by atoms with E-state index in [-0.39, 0.29) is 9.90 Å². The molecule has 1 amide bonds. The molecule has 4 unspecified atom stereocenters. The number of nitrogens with two attached hydrogens (primary N) is 1. The third kappa shape index (κ3) is 15.6. The summed E-state index contributed by atoms with van der Waals surface area (Å²) in [5.74, 6) is 1.20. The predicted octanol–water partition coefficient (Wildman–Crippen LogP) is 5.66. The SMILES string of the molecule is CC.CO.Cc1cccc(CCCC2COc3ccc(C(N)=O)cc3N(CCCC/C=C/C(O)CCS(O)=S)C2)c1.P. The third-order valence-corrected chi connectivity index (χ3v) is 7.78. The Morgan fingerprint density at radius 1 is 1.19 bits per heavy atom. The summed E-state index contributed by atoms with van der Waals surface area (Å²) in [5.41, 5.74) is 9.66. The molecule has 10 heteroatoms. The second kappa shape index (κ2) is 23.6. The standard InChI is InChI=1S/C29H40N2O4S2.C2H6.CH4O.H3P/c1-22-8-6-9-23(18-22)10-7-11-24-20-31(16-5-3-2-4-12-26(32)15-17-37(34)36)27-19-25(29(30)33)13-14-28(27)35-21-24;2*1-2;/h4,6,8-9,12-14,18-19,24,26,32H,2-3,5,7,10-11,15-17,20-21H2,1H3,(H2,30,33)(H,34,36);1-2H3;2H,1H3;1H3/b12-4+;;;. The minimum Gasteiger partial charge on any atom is -0.491 e. The van der Waals surface area contributed by atoms with E-state index in [0.29, 0.717) is 30.3 Å². The number of aliphatic hydroxyl groups is 2. The minimum atomic E-state index is -1.05. The quantitative estimate of drug-likeness (QED) is 0.120. The molecule has 0 radical (unpaired) electrons. The van der Waals surface area contributed by atoms with Gasteiger partial charge in [0.15, 0.2) is 0 Å². The number of hydrogen-bond donors (Lipinski definition) is 4. The number of ether oxygens (including phenoxy) is 1. The lowest BCUT2D eigenvalue weighted by molar-refractivity contribution is 0.1000. The van der Waals surface area contributed by atoms with Crippen molar-refractivity contribution in [1.82, 2.24) is 0 Å². The molecule has 42 heavy (non-hydrogen) atoms. The van der Waals surface area contributed by atoms with Crippen LogP contribution in [0.15, 0.2) is 54.6 Å². The second-order valence-corrected chi connectivity index (χ2v) is 12.1. The van der Waals surface area contributed by atoms with Crippen LogP contribution in [0.1, 0.15) is 73.9 Å². The number of amides is 1. The minimum absolute atomic E-state index is 0. The van der Waals surface area contributed by atoms with Crippen LogP contribution in [-0.2, 0) is 27.3 Å². The first-order chi connectivity index (χ1) is 19.8. The van der Waals surface area contributed by atoms with Gasteiger partial charge in [0.1, 0.15) is 5.75 Å². The van der Waals surface area contributed by atoms with E-state index in [1.165, 1.54) is 11.1 Å². The van der Waals surface area contributed by atoms with Gasteiger partial charge in [-0.3, -0.25) is 4.79 Å². The molecule has 1 aliphatic heterocycles. The summed E-state index contributed by atoms with van der Waals surface area (Å²) in [6.07, 6.45) is 9.77. The van der Waals surface area contributed by atoms with E-state index < -0.39 is 21.7 Å². The Bertz CT molecular complexity index is 1090. The second-order valence-electron chi connectivity index (χ2n) is 9.86. The van der Waals surface area contributed by atoms with Crippen LogP contribution in [0.5, 0.6) is 5.75 Å². The van der Waals surface area contributed by atoms with Crippen molar-refractivity contribution < 1.29 is 24.3 Å². The van der Waals surface area contributed by atoms with Crippen molar-refractivity contribution in [3.05, 3.63) is 71.3 Å². The van der Waals surface area contributed by atoms with Crippen LogP contribution >= 0.6 is 9.90 Å². The van der Waals surface area contributed by atoms with Crippen LogP contribution in [-0.4, -0.2) is 59.3 Å².